The van der Waals surface area contributed by atoms with Crippen LogP contribution in [0.5, 0.6) is 5.75 Å². The zero-order valence-electron chi connectivity index (χ0n) is 9.39. The van der Waals surface area contributed by atoms with Crippen molar-refractivity contribution in [2.75, 3.05) is 0 Å². The van der Waals surface area contributed by atoms with Gasteiger partial charge in [-0.15, -0.1) is 0 Å². The van der Waals surface area contributed by atoms with Gasteiger partial charge in [0.15, 0.2) is 6.29 Å². The highest BCUT2D eigenvalue weighted by atomic mass is 28.4. The minimum absolute atomic E-state index is 0.0424. The molecule has 1 aromatic carbocycles. The summed E-state index contributed by atoms with van der Waals surface area (Å²) in [5.41, 5.74) is -0.154. The van der Waals surface area contributed by atoms with E-state index < -0.39 is 13.2 Å². The molecule has 6 heteroatoms. The van der Waals surface area contributed by atoms with Crippen molar-refractivity contribution in [2.45, 2.75) is 19.6 Å². The molecule has 0 amide bonds. The summed E-state index contributed by atoms with van der Waals surface area (Å²) >= 11 is 0. The van der Waals surface area contributed by atoms with Crippen molar-refractivity contribution < 1.29 is 14.1 Å². The second-order valence-electron chi connectivity index (χ2n) is 4.31. The van der Waals surface area contributed by atoms with Crippen molar-refractivity contribution in [3.8, 4) is 5.75 Å². The van der Waals surface area contributed by atoms with E-state index in [4.69, 9.17) is 4.43 Å². The van der Waals surface area contributed by atoms with Gasteiger partial charge >= 0.3 is 0 Å². The zero-order chi connectivity index (χ0) is 12.3. The van der Waals surface area contributed by atoms with E-state index in [0.29, 0.717) is 12.0 Å². The number of rotatable bonds is 4. The molecule has 86 valence electrons. The molecule has 0 N–H and O–H groups in total. The van der Waals surface area contributed by atoms with Gasteiger partial charge in [-0.3, -0.25) is 14.9 Å². The average Bonchev–Trinajstić information content (AvgIpc) is 2.14. The fourth-order valence-electron chi connectivity index (χ4n) is 1.21. The first-order chi connectivity index (χ1) is 7.33. The predicted octanol–water partition coefficient (Wildman–Crippen LogP) is 2.62. The Morgan fingerprint density at radius 1 is 1.38 bits per heavy atom. The minimum atomic E-state index is -1.76. The number of carbonyl (C=O) groups excluding carboxylic acids is 1. The first kappa shape index (κ1) is 12.4. The van der Waals surface area contributed by atoms with E-state index in [1.807, 2.05) is 19.6 Å². The van der Waals surface area contributed by atoms with Crippen LogP contribution in [-0.4, -0.2) is 19.5 Å². The molecule has 0 aliphatic heterocycles. The average molecular weight is 239 g/mol. The lowest BCUT2D eigenvalue weighted by Crippen LogP contribution is -2.29. The third-order valence-corrected chi connectivity index (χ3v) is 2.59. The van der Waals surface area contributed by atoms with Gasteiger partial charge in [-0.25, -0.2) is 0 Å². The summed E-state index contributed by atoms with van der Waals surface area (Å²) in [5.74, 6) is 0.506. The van der Waals surface area contributed by atoms with Gasteiger partial charge in [-0.2, -0.15) is 0 Å². The van der Waals surface area contributed by atoms with Crippen LogP contribution in [-0.2, 0) is 0 Å². The first-order valence-electron chi connectivity index (χ1n) is 4.76. The van der Waals surface area contributed by atoms with Gasteiger partial charge < -0.3 is 4.43 Å². The van der Waals surface area contributed by atoms with E-state index in [9.17, 15) is 14.9 Å². The number of aldehydes is 1. The topological polar surface area (TPSA) is 69.4 Å². The van der Waals surface area contributed by atoms with Crippen molar-refractivity contribution in [2.24, 2.45) is 0 Å². The monoisotopic (exact) mass is 239 g/mol. The molecular weight excluding hydrogens is 226 g/mol. The van der Waals surface area contributed by atoms with Gasteiger partial charge in [0.1, 0.15) is 5.75 Å². The van der Waals surface area contributed by atoms with Crippen LogP contribution in [0, 0.1) is 10.1 Å². The van der Waals surface area contributed by atoms with Crippen molar-refractivity contribution >= 4 is 20.3 Å². The van der Waals surface area contributed by atoms with Crippen LogP contribution in [0.15, 0.2) is 18.2 Å². The second-order valence-corrected chi connectivity index (χ2v) is 8.74. The highest BCUT2D eigenvalue weighted by molar-refractivity contribution is 6.70. The zero-order valence-corrected chi connectivity index (χ0v) is 10.4. The highest BCUT2D eigenvalue weighted by Gasteiger charge is 2.19. The molecule has 1 aromatic rings. The molecule has 0 aromatic heterocycles. The molecule has 0 bridgehead atoms. The first-order valence-corrected chi connectivity index (χ1v) is 8.17. The summed E-state index contributed by atoms with van der Waals surface area (Å²) in [4.78, 5) is 20.7. The van der Waals surface area contributed by atoms with Gasteiger partial charge in [-0.05, 0) is 31.8 Å². The molecule has 0 saturated heterocycles. The molecule has 0 fully saturated rings. The number of nitro groups is 1. The lowest BCUT2D eigenvalue weighted by Gasteiger charge is -2.19. The molecule has 0 spiro atoms. The number of hydrogen-bond donors (Lipinski definition) is 0. The molecule has 1 rings (SSSR count). The Bertz CT molecular complexity index is 425. The number of carbonyl (C=O) groups is 1. The quantitative estimate of drug-likeness (QED) is 0.350. The van der Waals surface area contributed by atoms with E-state index >= 15 is 0 Å². The van der Waals surface area contributed by atoms with Crippen LogP contribution >= 0.6 is 0 Å². The molecule has 0 unspecified atom stereocenters. The summed E-state index contributed by atoms with van der Waals surface area (Å²) < 4.78 is 5.64. The molecule has 16 heavy (non-hydrogen) atoms. The van der Waals surface area contributed by atoms with E-state index in [0.717, 1.165) is 0 Å². The van der Waals surface area contributed by atoms with Crippen LogP contribution < -0.4 is 4.43 Å². The number of nitrogens with zero attached hydrogens (tertiary/aromatic N) is 1. The van der Waals surface area contributed by atoms with Crippen LogP contribution in [0.2, 0.25) is 19.6 Å². The van der Waals surface area contributed by atoms with Gasteiger partial charge in [0.2, 0.25) is 8.32 Å². The maximum Gasteiger partial charge on any atom is 0.280 e. The van der Waals surface area contributed by atoms with E-state index in [2.05, 4.69) is 0 Å². The minimum Gasteiger partial charge on any atom is -0.544 e. The lowest BCUT2D eigenvalue weighted by molar-refractivity contribution is -0.385. The third-order valence-electron chi connectivity index (χ3n) is 1.75. The van der Waals surface area contributed by atoms with Crippen molar-refractivity contribution in [1.82, 2.24) is 0 Å². The molecule has 0 aliphatic rings. The largest absolute Gasteiger partial charge is 0.544 e. The van der Waals surface area contributed by atoms with Crippen molar-refractivity contribution in [3.05, 3.63) is 33.9 Å². The van der Waals surface area contributed by atoms with E-state index in [-0.39, 0.29) is 11.3 Å². The third kappa shape index (κ3) is 3.16. The SMILES string of the molecule is C[Si](C)(C)Oc1ccc([N+](=O)[O-])c(C=O)c1. The summed E-state index contributed by atoms with van der Waals surface area (Å²) in [7, 11) is -1.76. The standard InChI is InChI=1S/C10H13NO4Si/c1-16(2,3)15-9-4-5-10(11(13)14)8(6-9)7-12/h4-7H,1-3H3. The van der Waals surface area contributed by atoms with Crippen LogP contribution in [0.4, 0.5) is 5.69 Å². The Balaban J connectivity index is 3.09. The Morgan fingerprint density at radius 3 is 2.44 bits per heavy atom. The van der Waals surface area contributed by atoms with Gasteiger partial charge in [0, 0.05) is 6.07 Å². The van der Waals surface area contributed by atoms with Gasteiger partial charge in [-0.1, -0.05) is 0 Å². The highest BCUT2D eigenvalue weighted by Crippen LogP contribution is 2.24. The molecule has 0 atom stereocenters. The van der Waals surface area contributed by atoms with Gasteiger partial charge in [0.25, 0.3) is 5.69 Å². The number of nitro benzene ring substituents is 1. The smallest absolute Gasteiger partial charge is 0.280 e. The lowest BCUT2D eigenvalue weighted by atomic mass is 10.2. The molecule has 0 heterocycles. The second kappa shape index (κ2) is 4.44. The number of hydrogen-bond acceptors (Lipinski definition) is 4. The number of benzene rings is 1. The molecular formula is C10H13NO4Si. The molecule has 0 saturated carbocycles. The van der Waals surface area contributed by atoms with Crippen molar-refractivity contribution in [1.29, 1.82) is 0 Å². The fraction of sp³-hybridized carbons (Fsp3) is 0.300. The predicted molar refractivity (Wildman–Crippen MR) is 62.5 cm³/mol. The van der Waals surface area contributed by atoms with E-state index in [1.165, 1.54) is 18.2 Å². The summed E-state index contributed by atoms with van der Waals surface area (Å²) in [6.07, 6.45) is 0.467. The van der Waals surface area contributed by atoms with Crippen LogP contribution in [0.1, 0.15) is 10.4 Å². The fourth-order valence-corrected chi connectivity index (χ4v) is 2.04. The molecule has 0 aliphatic carbocycles. The Hall–Kier alpha value is -1.69. The van der Waals surface area contributed by atoms with Crippen LogP contribution in [0.25, 0.3) is 0 Å². The molecule has 0 radical (unpaired) electrons. The Labute approximate surface area is 94.3 Å². The maximum absolute atomic E-state index is 10.7. The molecule has 5 nitrogen and oxygen atoms in total. The Morgan fingerprint density at radius 2 is 2.00 bits per heavy atom. The summed E-state index contributed by atoms with van der Waals surface area (Å²) in [6.45, 7) is 5.99. The maximum atomic E-state index is 10.7. The van der Waals surface area contributed by atoms with E-state index in [1.54, 1.807) is 0 Å². The van der Waals surface area contributed by atoms with Gasteiger partial charge in [0.05, 0.1) is 10.5 Å². The van der Waals surface area contributed by atoms with Crippen molar-refractivity contribution in [3.63, 3.8) is 0 Å². The normalized spacial score (nSPS) is 10.9. The van der Waals surface area contributed by atoms with Crippen LogP contribution in [0.3, 0.4) is 0 Å². The summed E-state index contributed by atoms with van der Waals surface area (Å²) in [5, 5.41) is 10.6. The summed E-state index contributed by atoms with van der Waals surface area (Å²) in [6, 6.07) is 4.21. The Kier molecular flexibility index (Phi) is 3.43.